The van der Waals surface area contributed by atoms with Crippen LogP contribution in [0.3, 0.4) is 0 Å². The van der Waals surface area contributed by atoms with E-state index in [2.05, 4.69) is 20.4 Å². The molecule has 21 heavy (non-hydrogen) atoms. The van der Waals surface area contributed by atoms with Gasteiger partial charge in [0.2, 0.25) is 17.6 Å². The lowest BCUT2D eigenvalue weighted by atomic mass is 10.0. The first-order valence-electron chi connectivity index (χ1n) is 7.01. The molecule has 0 aliphatic carbocycles. The zero-order valence-electron chi connectivity index (χ0n) is 12.1. The molecule has 1 saturated heterocycles. The molecule has 1 fully saturated rings. The Morgan fingerprint density at radius 3 is 3.05 bits per heavy atom. The van der Waals surface area contributed by atoms with E-state index < -0.39 is 0 Å². The number of hydrogen-bond acceptors (Lipinski definition) is 6. The summed E-state index contributed by atoms with van der Waals surface area (Å²) in [6, 6.07) is 4.12. The Kier molecular flexibility index (Phi) is 4.03. The lowest BCUT2D eigenvalue weighted by Gasteiger charge is -2.36. The van der Waals surface area contributed by atoms with Gasteiger partial charge in [0.25, 0.3) is 0 Å². The molecule has 3 rings (SSSR count). The van der Waals surface area contributed by atoms with Gasteiger partial charge in [-0.1, -0.05) is 11.2 Å². The molecular formula is C14H18N4O2S. The number of carbonyl (C=O) groups excluding carboxylic acids is 1. The highest BCUT2D eigenvalue weighted by atomic mass is 32.1. The van der Waals surface area contributed by atoms with Crippen LogP contribution in [0.2, 0.25) is 0 Å². The number of nitrogens with one attached hydrogen (secondary N) is 1. The van der Waals surface area contributed by atoms with Gasteiger partial charge >= 0.3 is 0 Å². The maximum atomic E-state index is 11.7. The summed E-state index contributed by atoms with van der Waals surface area (Å²) in [6.45, 7) is 5.93. The van der Waals surface area contributed by atoms with E-state index in [-0.39, 0.29) is 17.9 Å². The van der Waals surface area contributed by atoms with Crippen molar-refractivity contribution in [1.82, 2.24) is 20.4 Å². The number of carbonyl (C=O) groups is 1. The van der Waals surface area contributed by atoms with E-state index in [1.165, 1.54) is 0 Å². The molecule has 2 aromatic rings. The first-order chi connectivity index (χ1) is 10.1. The number of thiophene rings is 1. The molecule has 7 heteroatoms. The standard InChI is InChI=1S/C14H18N4O2S/c1-9(2)15-12(19)8-18-6-10(7-18)14-16-13(17-20-14)11-4-3-5-21-11/h3-5,9-10H,6-8H2,1-2H3,(H,15,19). The Bertz CT molecular complexity index is 602. The number of nitrogens with zero attached hydrogens (tertiary/aromatic N) is 3. The molecule has 0 saturated carbocycles. The molecule has 0 aromatic carbocycles. The summed E-state index contributed by atoms with van der Waals surface area (Å²) in [4.78, 5) is 19.2. The number of aromatic nitrogens is 2. The van der Waals surface area contributed by atoms with Crippen molar-refractivity contribution >= 4 is 17.2 Å². The van der Waals surface area contributed by atoms with Gasteiger partial charge in [-0.25, -0.2) is 0 Å². The molecule has 1 aliphatic heterocycles. The van der Waals surface area contributed by atoms with Gasteiger partial charge in [-0.05, 0) is 25.3 Å². The van der Waals surface area contributed by atoms with Crippen molar-refractivity contribution in [3.05, 3.63) is 23.4 Å². The van der Waals surface area contributed by atoms with Crippen LogP contribution in [0, 0.1) is 0 Å². The van der Waals surface area contributed by atoms with Crippen molar-refractivity contribution in [3.63, 3.8) is 0 Å². The zero-order valence-corrected chi connectivity index (χ0v) is 12.9. The van der Waals surface area contributed by atoms with E-state index in [1.54, 1.807) is 11.3 Å². The van der Waals surface area contributed by atoms with Gasteiger partial charge in [0.05, 0.1) is 17.3 Å². The molecule has 1 N–H and O–H groups in total. The van der Waals surface area contributed by atoms with E-state index in [4.69, 9.17) is 4.52 Å². The summed E-state index contributed by atoms with van der Waals surface area (Å²) in [7, 11) is 0. The quantitative estimate of drug-likeness (QED) is 0.911. The highest BCUT2D eigenvalue weighted by Gasteiger charge is 2.33. The van der Waals surface area contributed by atoms with Crippen molar-refractivity contribution < 1.29 is 9.32 Å². The molecule has 0 unspecified atom stereocenters. The number of amides is 1. The second-order valence-electron chi connectivity index (χ2n) is 5.55. The Hall–Kier alpha value is -1.73. The van der Waals surface area contributed by atoms with Crippen LogP contribution in [0.25, 0.3) is 10.7 Å². The summed E-state index contributed by atoms with van der Waals surface area (Å²) < 4.78 is 5.33. The van der Waals surface area contributed by atoms with E-state index in [1.807, 2.05) is 31.4 Å². The van der Waals surface area contributed by atoms with E-state index in [0.717, 1.165) is 18.0 Å². The predicted molar refractivity (Wildman–Crippen MR) is 80.1 cm³/mol. The highest BCUT2D eigenvalue weighted by molar-refractivity contribution is 7.13. The predicted octanol–water partition coefficient (Wildman–Crippen LogP) is 1.72. The van der Waals surface area contributed by atoms with E-state index in [0.29, 0.717) is 18.3 Å². The van der Waals surface area contributed by atoms with Gasteiger partial charge in [0.15, 0.2) is 0 Å². The minimum Gasteiger partial charge on any atom is -0.353 e. The maximum absolute atomic E-state index is 11.7. The Morgan fingerprint density at radius 2 is 2.38 bits per heavy atom. The fourth-order valence-electron chi connectivity index (χ4n) is 2.33. The summed E-state index contributed by atoms with van der Waals surface area (Å²) in [5.74, 6) is 1.61. The van der Waals surface area contributed by atoms with Crippen LogP contribution in [0.5, 0.6) is 0 Å². The molecule has 1 amide bonds. The van der Waals surface area contributed by atoms with Gasteiger partial charge in [0, 0.05) is 19.1 Å². The largest absolute Gasteiger partial charge is 0.353 e. The van der Waals surface area contributed by atoms with Crippen molar-refractivity contribution in [1.29, 1.82) is 0 Å². The molecule has 112 valence electrons. The first-order valence-corrected chi connectivity index (χ1v) is 7.89. The molecule has 6 nitrogen and oxygen atoms in total. The third-order valence-corrected chi connectivity index (χ3v) is 4.17. The van der Waals surface area contributed by atoms with Crippen LogP contribution in [-0.4, -0.2) is 46.6 Å². The van der Waals surface area contributed by atoms with Crippen LogP contribution < -0.4 is 5.32 Å². The van der Waals surface area contributed by atoms with Crippen molar-refractivity contribution in [2.24, 2.45) is 0 Å². The van der Waals surface area contributed by atoms with E-state index in [9.17, 15) is 4.79 Å². The minimum absolute atomic E-state index is 0.0632. The summed E-state index contributed by atoms with van der Waals surface area (Å²) in [5, 5.41) is 8.89. The monoisotopic (exact) mass is 306 g/mol. The molecule has 0 bridgehead atoms. The molecular weight excluding hydrogens is 288 g/mol. The van der Waals surface area contributed by atoms with Gasteiger partial charge < -0.3 is 9.84 Å². The van der Waals surface area contributed by atoms with E-state index >= 15 is 0 Å². The fraction of sp³-hybridized carbons (Fsp3) is 0.500. The summed E-state index contributed by atoms with van der Waals surface area (Å²) in [6.07, 6.45) is 0. The SMILES string of the molecule is CC(C)NC(=O)CN1CC(c2nc(-c3cccs3)no2)C1. The lowest BCUT2D eigenvalue weighted by Crippen LogP contribution is -2.50. The van der Waals surface area contributed by atoms with Gasteiger partial charge in [0.1, 0.15) is 0 Å². The maximum Gasteiger partial charge on any atom is 0.234 e. The van der Waals surface area contributed by atoms with Gasteiger partial charge in [-0.2, -0.15) is 4.98 Å². The van der Waals surface area contributed by atoms with Gasteiger partial charge in [-0.15, -0.1) is 11.3 Å². The van der Waals surface area contributed by atoms with Gasteiger partial charge in [-0.3, -0.25) is 9.69 Å². The van der Waals surface area contributed by atoms with Crippen LogP contribution in [0.1, 0.15) is 25.7 Å². The normalized spacial score (nSPS) is 16.1. The molecule has 0 atom stereocenters. The minimum atomic E-state index is 0.0632. The Balaban J connectivity index is 1.51. The molecule has 1 aliphatic rings. The average molecular weight is 306 g/mol. The van der Waals surface area contributed by atoms with Crippen molar-refractivity contribution in [2.45, 2.75) is 25.8 Å². The van der Waals surface area contributed by atoms with Crippen LogP contribution in [-0.2, 0) is 4.79 Å². The third-order valence-electron chi connectivity index (χ3n) is 3.31. The molecule has 2 aromatic heterocycles. The first kappa shape index (κ1) is 14.2. The highest BCUT2D eigenvalue weighted by Crippen LogP contribution is 2.28. The Morgan fingerprint density at radius 1 is 1.57 bits per heavy atom. The third kappa shape index (κ3) is 3.30. The molecule has 3 heterocycles. The lowest BCUT2D eigenvalue weighted by molar-refractivity contribution is -0.123. The topological polar surface area (TPSA) is 71.3 Å². The number of likely N-dealkylation sites (tertiary alicyclic amines) is 1. The Labute approximate surface area is 127 Å². The fourth-order valence-corrected chi connectivity index (χ4v) is 2.98. The molecule has 0 spiro atoms. The second-order valence-corrected chi connectivity index (χ2v) is 6.49. The zero-order chi connectivity index (χ0) is 14.8. The number of rotatable bonds is 5. The van der Waals surface area contributed by atoms with Crippen LogP contribution in [0.4, 0.5) is 0 Å². The van der Waals surface area contributed by atoms with Crippen LogP contribution in [0.15, 0.2) is 22.0 Å². The van der Waals surface area contributed by atoms with Crippen molar-refractivity contribution in [2.75, 3.05) is 19.6 Å². The van der Waals surface area contributed by atoms with Crippen molar-refractivity contribution in [3.8, 4) is 10.7 Å². The summed E-state index contributed by atoms with van der Waals surface area (Å²) in [5.41, 5.74) is 0. The molecule has 0 radical (unpaired) electrons. The second kappa shape index (κ2) is 5.95. The average Bonchev–Trinajstić information content (AvgIpc) is 3.02. The smallest absolute Gasteiger partial charge is 0.234 e. The summed E-state index contributed by atoms with van der Waals surface area (Å²) >= 11 is 1.59. The van der Waals surface area contributed by atoms with Crippen LogP contribution >= 0.6 is 11.3 Å². The number of hydrogen-bond donors (Lipinski definition) is 1.